The van der Waals surface area contributed by atoms with Gasteiger partial charge in [0.25, 0.3) is 5.91 Å². The summed E-state index contributed by atoms with van der Waals surface area (Å²) in [7, 11) is 1.72. The molecule has 0 saturated carbocycles. The first-order chi connectivity index (χ1) is 17.8. The summed E-state index contributed by atoms with van der Waals surface area (Å²) in [4.78, 5) is 22.1. The lowest BCUT2D eigenvalue weighted by Crippen LogP contribution is -2.47. The quantitative estimate of drug-likeness (QED) is 0.298. The summed E-state index contributed by atoms with van der Waals surface area (Å²) in [6, 6.07) is 5.60. The van der Waals surface area contributed by atoms with Crippen LogP contribution in [0, 0.1) is 0 Å². The van der Waals surface area contributed by atoms with Crippen LogP contribution in [-0.2, 0) is 16.0 Å². The Morgan fingerprint density at radius 2 is 2.24 bits per heavy atom. The number of rotatable bonds is 11. The van der Waals surface area contributed by atoms with Gasteiger partial charge in [0, 0.05) is 57.4 Å². The number of aliphatic hydroxyl groups is 1. The van der Waals surface area contributed by atoms with Crippen LogP contribution in [0.4, 0.5) is 15.2 Å². The second-order valence-electron chi connectivity index (χ2n) is 10.2. The van der Waals surface area contributed by atoms with Crippen LogP contribution in [0.3, 0.4) is 0 Å². The fourth-order valence-corrected chi connectivity index (χ4v) is 5.62. The zero-order chi connectivity index (χ0) is 26.4. The molecule has 2 aliphatic rings. The van der Waals surface area contributed by atoms with E-state index in [1.54, 1.807) is 7.11 Å². The number of methoxy groups -OCH3 is 1. The number of thiazole rings is 1. The average Bonchev–Trinajstić information content (AvgIpc) is 3.54. The number of benzene rings is 1. The van der Waals surface area contributed by atoms with E-state index in [-0.39, 0.29) is 30.6 Å². The van der Waals surface area contributed by atoms with Crippen LogP contribution in [0.25, 0.3) is 0 Å². The van der Waals surface area contributed by atoms with Crippen molar-refractivity contribution in [3.8, 4) is 0 Å². The molecule has 3 N–H and O–H groups in total. The van der Waals surface area contributed by atoms with E-state index in [4.69, 9.17) is 9.47 Å². The smallest absolute Gasteiger partial charge is 0.253 e. The molecule has 11 heteroatoms. The maximum absolute atomic E-state index is 13.0. The number of hydrogen-bond acceptors (Lipinski definition) is 9. The molecule has 0 spiro atoms. The van der Waals surface area contributed by atoms with Crippen molar-refractivity contribution in [1.29, 1.82) is 0 Å². The van der Waals surface area contributed by atoms with Crippen molar-refractivity contribution in [1.82, 2.24) is 15.2 Å². The van der Waals surface area contributed by atoms with Crippen LogP contribution in [-0.4, -0.2) is 85.7 Å². The van der Waals surface area contributed by atoms with Crippen molar-refractivity contribution in [3.63, 3.8) is 0 Å². The van der Waals surface area contributed by atoms with E-state index in [2.05, 4.69) is 39.3 Å². The lowest BCUT2D eigenvalue weighted by atomic mass is 10.0. The molecule has 2 aromatic rings. The first-order valence-corrected chi connectivity index (χ1v) is 13.7. The largest absolute Gasteiger partial charge is 0.380 e. The maximum atomic E-state index is 13.0. The van der Waals surface area contributed by atoms with Gasteiger partial charge in [-0.3, -0.25) is 14.1 Å². The molecule has 4 rings (SSSR count). The van der Waals surface area contributed by atoms with Crippen molar-refractivity contribution >= 4 is 28.1 Å². The number of aromatic nitrogens is 1. The third-order valence-corrected chi connectivity index (χ3v) is 7.59. The number of anilines is 2. The molecule has 0 radical (unpaired) electrons. The molecule has 2 atom stereocenters. The van der Waals surface area contributed by atoms with Gasteiger partial charge in [0.1, 0.15) is 5.69 Å². The van der Waals surface area contributed by atoms with Crippen molar-refractivity contribution in [2.75, 3.05) is 63.3 Å². The summed E-state index contributed by atoms with van der Waals surface area (Å²) >= 11 is 1.47. The number of carbonyl (C=O) groups is 1. The highest BCUT2D eigenvalue weighted by atomic mass is 32.1. The minimum Gasteiger partial charge on any atom is -0.380 e. The van der Waals surface area contributed by atoms with E-state index < -0.39 is 12.9 Å². The average molecular weight is 536 g/mol. The molecule has 2 fully saturated rings. The third kappa shape index (κ3) is 7.38. The maximum Gasteiger partial charge on any atom is 0.253 e. The van der Waals surface area contributed by atoms with Crippen LogP contribution < -0.4 is 15.5 Å². The Labute approximate surface area is 222 Å². The number of amides is 1. The van der Waals surface area contributed by atoms with Crippen LogP contribution in [0.1, 0.15) is 54.5 Å². The number of ether oxygens (including phenoxy) is 2. The number of alkyl halides is 1. The molecule has 37 heavy (non-hydrogen) atoms. The first kappa shape index (κ1) is 27.7. The van der Waals surface area contributed by atoms with Crippen LogP contribution >= 0.6 is 11.3 Å². The van der Waals surface area contributed by atoms with Crippen LogP contribution in [0.2, 0.25) is 0 Å². The highest BCUT2D eigenvalue weighted by molar-refractivity contribution is 7.13. The summed E-state index contributed by atoms with van der Waals surface area (Å²) in [6.07, 6.45) is 0.299. The molecule has 1 unspecified atom stereocenters. The zero-order valence-corrected chi connectivity index (χ0v) is 22.7. The van der Waals surface area contributed by atoms with Gasteiger partial charge in [-0.05, 0) is 44.4 Å². The van der Waals surface area contributed by atoms with Gasteiger partial charge >= 0.3 is 0 Å². The van der Waals surface area contributed by atoms with E-state index in [1.165, 1.54) is 11.3 Å². The summed E-state index contributed by atoms with van der Waals surface area (Å²) in [5.74, 6) is -0.311. The molecule has 1 amide bonds. The SMILES string of the molecule is CO[C@H]1CCN(c2nc(C(O)Nc3ccc(CN4CCOC(C)(C)C4)cc3C(=O)NCCCF)cs2)C1. The van der Waals surface area contributed by atoms with E-state index in [0.29, 0.717) is 30.1 Å². The molecular formula is C26H38FN5O4S. The predicted octanol–water partition coefficient (Wildman–Crippen LogP) is 3.17. The van der Waals surface area contributed by atoms with E-state index in [1.807, 2.05) is 23.6 Å². The number of aliphatic hydroxyl groups excluding tert-OH is 1. The Bertz CT molecular complexity index is 1050. The molecular weight excluding hydrogens is 497 g/mol. The lowest BCUT2D eigenvalue weighted by molar-refractivity contribution is -0.0882. The highest BCUT2D eigenvalue weighted by Gasteiger charge is 2.28. The van der Waals surface area contributed by atoms with E-state index in [9.17, 15) is 14.3 Å². The van der Waals surface area contributed by atoms with Crippen molar-refractivity contribution in [2.45, 2.75) is 51.2 Å². The van der Waals surface area contributed by atoms with Gasteiger partial charge in [0.05, 0.1) is 30.5 Å². The molecule has 0 aliphatic carbocycles. The van der Waals surface area contributed by atoms with Crippen LogP contribution in [0.5, 0.6) is 0 Å². The minimum atomic E-state index is -1.09. The Morgan fingerprint density at radius 1 is 1.41 bits per heavy atom. The Hall–Kier alpha value is -2.31. The first-order valence-electron chi connectivity index (χ1n) is 12.8. The second kappa shape index (κ2) is 12.5. The number of morpholine rings is 1. The molecule has 1 aromatic carbocycles. The summed E-state index contributed by atoms with van der Waals surface area (Å²) < 4.78 is 23.9. The van der Waals surface area contributed by atoms with Gasteiger partial charge < -0.3 is 30.1 Å². The number of nitrogens with zero attached hydrogens (tertiary/aromatic N) is 3. The fraction of sp³-hybridized carbons (Fsp3) is 0.615. The second-order valence-corrected chi connectivity index (χ2v) is 11.0. The van der Waals surface area contributed by atoms with Gasteiger partial charge in [-0.2, -0.15) is 0 Å². The topological polar surface area (TPSA) is 99.2 Å². The monoisotopic (exact) mass is 535 g/mol. The van der Waals surface area contributed by atoms with Crippen molar-refractivity contribution in [3.05, 3.63) is 40.4 Å². The molecule has 204 valence electrons. The number of carbonyl (C=O) groups excluding carboxylic acids is 1. The van der Waals surface area contributed by atoms with E-state index in [0.717, 1.165) is 43.3 Å². The molecule has 2 saturated heterocycles. The zero-order valence-electron chi connectivity index (χ0n) is 21.8. The Morgan fingerprint density at radius 3 is 2.97 bits per heavy atom. The minimum absolute atomic E-state index is 0.191. The molecule has 1 aromatic heterocycles. The summed E-state index contributed by atoms with van der Waals surface area (Å²) in [5.41, 5.74) is 2.14. The third-order valence-electron chi connectivity index (χ3n) is 6.67. The van der Waals surface area contributed by atoms with Gasteiger partial charge in [-0.15, -0.1) is 11.3 Å². The van der Waals surface area contributed by atoms with Crippen molar-refractivity contribution in [2.24, 2.45) is 0 Å². The molecule has 2 aliphatic heterocycles. The predicted molar refractivity (Wildman–Crippen MR) is 143 cm³/mol. The number of nitrogens with one attached hydrogen (secondary N) is 2. The molecule has 9 nitrogen and oxygen atoms in total. The number of halogens is 1. The van der Waals surface area contributed by atoms with Gasteiger partial charge in [0.15, 0.2) is 11.4 Å². The number of hydrogen-bond donors (Lipinski definition) is 3. The van der Waals surface area contributed by atoms with Crippen molar-refractivity contribution < 1.29 is 23.8 Å². The molecule has 0 bridgehead atoms. The highest BCUT2D eigenvalue weighted by Crippen LogP contribution is 2.30. The van der Waals surface area contributed by atoms with E-state index >= 15 is 0 Å². The van der Waals surface area contributed by atoms with Gasteiger partial charge in [0.2, 0.25) is 0 Å². The normalized spacial score (nSPS) is 20.7. The Balaban J connectivity index is 1.48. The standard InChI is InChI=1S/C26H38FN5O4S/c1-26(2)17-31(11-12-36-26)14-18-5-6-21(20(13-18)23(33)28-9-4-8-27)29-24(34)22-16-37-25(30-22)32-10-7-19(15-32)35-3/h5-6,13,16,19,24,29,34H,4,7-12,14-15,17H2,1-3H3,(H,28,33)/t19-,24?/m0/s1. The lowest BCUT2D eigenvalue weighted by Gasteiger charge is -2.38. The fourth-order valence-electron chi connectivity index (χ4n) is 4.74. The Kier molecular flexibility index (Phi) is 9.36. The summed E-state index contributed by atoms with van der Waals surface area (Å²) in [5, 5.41) is 19.4. The van der Waals surface area contributed by atoms with Gasteiger partial charge in [-0.25, -0.2) is 4.98 Å². The van der Waals surface area contributed by atoms with Gasteiger partial charge in [-0.1, -0.05) is 6.07 Å². The summed E-state index contributed by atoms with van der Waals surface area (Å²) in [6.45, 7) is 8.47. The molecule has 3 heterocycles. The van der Waals surface area contributed by atoms with Crippen LogP contribution in [0.15, 0.2) is 23.6 Å².